The molecule has 0 aliphatic carbocycles. The maximum atomic E-state index is 11.1. The van der Waals surface area contributed by atoms with Crippen LogP contribution in [-0.4, -0.2) is 18.5 Å². The van der Waals surface area contributed by atoms with Crippen molar-refractivity contribution >= 4 is 12.0 Å². The number of hydrogen-bond acceptors (Lipinski definition) is 4. The molecule has 1 rings (SSSR count). The first-order valence-electron chi connectivity index (χ1n) is 4.93. The Hall–Kier alpha value is -1.88. The number of nitrogens with two attached hydrogens (primary N) is 1. The van der Waals surface area contributed by atoms with Gasteiger partial charge in [0.2, 0.25) is 5.91 Å². The molecule has 0 aliphatic rings. The number of imide groups is 1. The van der Waals surface area contributed by atoms with E-state index in [1.54, 1.807) is 0 Å². The molecular weight excluding hydrogens is 208 g/mol. The molecule has 3 N–H and O–H groups in total. The third-order valence-corrected chi connectivity index (χ3v) is 1.83. The molecule has 0 bridgehead atoms. The normalized spacial score (nSPS) is 9.56. The second-order valence-corrected chi connectivity index (χ2v) is 3.15. The van der Waals surface area contributed by atoms with Gasteiger partial charge in [-0.2, -0.15) is 0 Å². The smallest absolute Gasteiger partial charge is 0.414 e. The first-order valence-corrected chi connectivity index (χ1v) is 4.93. The molecule has 0 unspecified atom stereocenters. The van der Waals surface area contributed by atoms with Gasteiger partial charge in [0.1, 0.15) is 6.61 Å². The monoisotopic (exact) mass is 222 g/mol. The predicted octanol–water partition coefficient (Wildman–Crippen LogP) is 0.788. The Morgan fingerprint density at radius 1 is 1.25 bits per heavy atom. The molecule has 86 valence electrons. The van der Waals surface area contributed by atoms with Crippen molar-refractivity contribution in [1.82, 2.24) is 5.32 Å². The Bertz CT molecular complexity index is 352. The van der Waals surface area contributed by atoms with Crippen molar-refractivity contribution in [2.24, 2.45) is 5.73 Å². The van der Waals surface area contributed by atoms with Crippen LogP contribution in [0.2, 0.25) is 0 Å². The lowest BCUT2D eigenvalue weighted by molar-refractivity contribution is -0.120. The maximum absolute atomic E-state index is 11.1. The van der Waals surface area contributed by atoms with Gasteiger partial charge in [0.05, 0.1) is 0 Å². The van der Waals surface area contributed by atoms with Crippen LogP contribution >= 0.6 is 0 Å². The van der Waals surface area contributed by atoms with E-state index in [0.29, 0.717) is 0 Å². The summed E-state index contributed by atoms with van der Waals surface area (Å²) in [6.07, 6.45) is -0.636. The second-order valence-electron chi connectivity index (χ2n) is 3.15. The van der Waals surface area contributed by atoms with Gasteiger partial charge >= 0.3 is 6.09 Å². The topological polar surface area (TPSA) is 81.4 Å². The van der Waals surface area contributed by atoms with Crippen LogP contribution in [0.1, 0.15) is 12.0 Å². The fraction of sp³-hybridized carbons (Fsp3) is 0.273. The van der Waals surface area contributed by atoms with Gasteiger partial charge in [0.15, 0.2) is 0 Å². The second kappa shape index (κ2) is 6.58. The minimum Gasteiger partial charge on any atom is -0.444 e. The summed E-state index contributed by atoms with van der Waals surface area (Å²) in [6, 6.07) is 9.21. The molecule has 1 aromatic rings. The molecule has 2 amide bonds. The average molecular weight is 222 g/mol. The molecule has 0 heterocycles. The zero-order valence-corrected chi connectivity index (χ0v) is 8.81. The molecule has 0 saturated heterocycles. The van der Waals surface area contributed by atoms with Crippen molar-refractivity contribution in [3.8, 4) is 0 Å². The molecule has 0 spiro atoms. The quantitative estimate of drug-likeness (QED) is 0.789. The van der Waals surface area contributed by atoms with Crippen molar-refractivity contribution < 1.29 is 14.3 Å². The van der Waals surface area contributed by atoms with E-state index in [1.165, 1.54) is 0 Å². The first-order chi connectivity index (χ1) is 7.72. The SMILES string of the molecule is NCCC(=O)NC(=O)OCc1ccccc1. The summed E-state index contributed by atoms with van der Waals surface area (Å²) in [7, 11) is 0. The van der Waals surface area contributed by atoms with E-state index in [2.05, 4.69) is 5.32 Å². The van der Waals surface area contributed by atoms with Crippen molar-refractivity contribution in [2.45, 2.75) is 13.0 Å². The van der Waals surface area contributed by atoms with E-state index in [1.807, 2.05) is 30.3 Å². The Labute approximate surface area is 93.6 Å². The molecular formula is C11H14N2O3. The summed E-state index contributed by atoms with van der Waals surface area (Å²) in [5.74, 6) is -0.430. The molecule has 0 radical (unpaired) electrons. The zero-order chi connectivity index (χ0) is 11.8. The summed E-state index contributed by atoms with van der Waals surface area (Å²) in [5.41, 5.74) is 6.02. The van der Waals surface area contributed by atoms with E-state index < -0.39 is 12.0 Å². The van der Waals surface area contributed by atoms with Gasteiger partial charge in [0.25, 0.3) is 0 Å². The first kappa shape index (κ1) is 12.2. The number of carbonyl (C=O) groups excluding carboxylic acids is 2. The Kier molecular flexibility index (Phi) is 5.01. The van der Waals surface area contributed by atoms with Gasteiger partial charge in [-0.15, -0.1) is 0 Å². The Morgan fingerprint density at radius 2 is 1.94 bits per heavy atom. The van der Waals surface area contributed by atoms with E-state index in [-0.39, 0.29) is 19.6 Å². The van der Waals surface area contributed by atoms with E-state index in [4.69, 9.17) is 10.5 Å². The highest BCUT2D eigenvalue weighted by Gasteiger charge is 2.07. The van der Waals surface area contributed by atoms with Crippen LogP contribution < -0.4 is 11.1 Å². The van der Waals surface area contributed by atoms with Gasteiger partial charge in [-0.25, -0.2) is 4.79 Å². The molecule has 0 aromatic heterocycles. The number of alkyl carbamates (subject to hydrolysis) is 1. The third kappa shape index (κ3) is 4.56. The highest BCUT2D eigenvalue weighted by molar-refractivity contribution is 5.91. The Balaban J connectivity index is 2.28. The molecule has 0 saturated carbocycles. The van der Waals surface area contributed by atoms with Crippen LogP contribution in [0.25, 0.3) is 0 Å². The minimum absolute atomic E-state index is 0.112. The molecule has 5 nitrogen and oxygen atoms in total. The zero-order valence-electron chi connectivity index (χ0n) is 8.81. The summed E-state index contributed by atoms with van der Waals surface area (Å²) in [6.45, 7) is 0.348. The molecule has 0 fully saturated rings. The van der Waals surface area contributed by atoms with Gasteiger partial charge in [-0.05, 0) is 5.56 Å². The fourth-order valence-electron chi connectivity index (χ4n) is 1.07. The molecule has 0 aliphatic heterocycles. The van der Waals surface area contributed by atoms with Crippen LogP contribution in [0.15, 0.2) is 30.3 Å². The minimum atomic E-state index is -0.748. The van der Waals surface area contributed by atoms with Gasteiger partial charge in [0, 0.05) is 13.0 Å². The fourth-order valence-corrected chi connectivity index (χ4v) is 1.07. The van der Waals surface area contributed by atoms with Crippen molar-refractivity contribution in [2.75, 3.05) is 6.54 Å². The van der Waals surface area contributed by atoms with Gasteiger partial charge in [-0.1, -0.05) is 30.3 Å². The predicted molar refractivity (Wildman–Crippen MR) is 58.4 cm³/mol. The standard InChI is InChI=1S/C11H14N2O3/c12-7-6-10(14)13-11(15)16-8-9-4-2-1-3-5-9/h1-5H,6-8,12H2,(H,13,14,15). The lowest BCUT2D eigenvalue weighted by atomic mass is 10.2. The van der Waals surface area contributed by atoms with E-state index >= 15 is 0 Å². The maximum Gasteiger partial charge on any atom is 0.414 e. The summed E-state index contributed by atoms with van der Waals surface area (Å²) in [4.78, 5) is 22.1. The lowest BCUT2D eigenvalue weighted by Crippen LogP contribution is -2.32. The highest BCUT2D eigenvalue weighted by Crippen LogP contribution is 2.00. The van der Waals surface area contributed by atoms with Crippen molar-refractivity contribution in [1.29, 1.82) is 0 Å². The molecule has 0 atom stereocenters. The number of hydrogen-bond donors (Lipinski definition) is 2. The lowest BCUT2D eigenvalue weighted by Gasteiger charge is -2.05. The number of carbonyl (C=O) groups is 2. The van der Waals surface area contributed by atoms with Crippen molar-refractivity contribution in [3.05, 3.63) is 35.9 Å². The summed E-state index contributed by atoms with van der Waals surface area (Å²) in [5, 5.41) is 2.07. The largest absolute Gasteiger partial charge is 0.444 e. The number of rotatable bonds is 4. The third-order valence-electron chi connectivity index (χ3n) is 1.83. The number of benzene rings is 1. The Morgan fingerprint density at radius 3 is 2.56 bits per heavy atom. The molecule has 1 aromatic carbocycles. The molecule has 16 heavy (non-hydrogen) atoms. The van der Waals surface area contributed by atoms with Crippen LogP contribution in [0.4, 0.5) is 4.79 Å². The van der Waals surface area contributed by atoms with Crippen LogP contribution in [0, 0.1) is 0 Å². The summed E-state index contributed by atoms with van der Waals surface area (Å²) < 4.78 is 4.83. The highest BCUT2D eigenvalue weighted by atomic mass is 16.5. The average Bonchev–Trinajstić information content (AvgIpc) is 2.28. The number of ether oxygens (including phenoxy) is 1. The van der Waals surface area contributed by atoms with Crippen LogP contribution in [0.5, 0.6) is 0 Å². The number of nitrogens with one attached hydrogen (secondary N) is 1. The van der Waals surface area contributed by atoms with Crippen LogP contribution in [0.3, 0.4) is 0 Å². The van der Waals surface area contributed by atoms with E-state index in [0.717, 1.165) is 5.56 Å². The number of amides is 2. The summed E-state index contributed by atoms with van der Waals surface area (Å²) >= 11 is 0. The van der Waals surface area contributed by atoms with Crippen molar-refractivity contribution in [3.63, 3.8) is 0 Å². The molecule has 5 heteroatoms. The van der Waals surface area contributed by atoms with E-state index in [9.17, 15) is 9.59 Å². The van der Waals surface area contributed by atoms with Gasteiger partial charge in [-0.3, -0.25) is 10.1 Å². The van der Waals surface area contributed by atoms with Crippen LogP contribution in [-0.2, 0) is 16.1 Å². The van der Waals surface area contributed by atoms with Gasteiger partial charge < -0.3 is 10.5 Å².